The molecule has 0 radical (unpaired) electrons. The van der Waals surface area contributed by atoms with Gasteiger partial charge in [0.2, 0.25) is 0 Å². The van der Waals surface area contributed by atoms with Gasteiger partial charge >= 0.3 is 0 Å². The zero-order valence-corrected chi connectivity index (χ0v) is 18.8. The zero-order chi connectivity index (χ0) is 21.3. The van der Waals surface area contributed by atoms with Gasteiger partial charge in [-0.15, -0.1) is 11.3 Å². The molecule has 4 rings (SSSR count). The van der Waals surface area contributed by atoms with Crippen LogP contribution in [0.5, 0.6) is 5.75 Å². The molecule has 0 unspecified atom stereocenters. The number of fused-ring (bicyclic) bond motifs is 1. The van der Waals surface area contributed by atoms with Crippen LogP contribution >= 0.6 is 22.9 Å². The Labute approximate surface area is 186 Å². The number of ether oxygens (including phenoxy) is 1. The number of aromatic amines is 1. The third-order valence-corrected chi connectivity index (χ3v) is 7.07. The van der Waals surface area contributed by atoms with E-state index in [4.69, 9.17) is 22.1 Å². The molecule has 1 aliphatic carbocycles. The highest BCUT2D eigenvalue weighted by atomic mass is 35.5. The van der Waals surface area contributed by atoms with Gasteiger partial charge in [-0.05, 0) is 62.9 Å². The quantitative estimate of drug-likeness (QED) is 0.523. The third kappa shape index (κ3) is 4.03. The van der Waals surface area contributed by atoms with E-state index in [1.807, 2.05) is 25.1 Å². The number of benzene rings is 1. The van der Waals surface area contributed by atoms with E-state index < -0.39 is 0 Å². The van der Waals surface area contributed by atoms with Crippen LogP contribution in [0.4, 0.5) is 5.82 Å². The van der Waals surface area contributed by atoms with Crippen LogP contribution in [-0.4, -0.2) is 0 Å². The van der Waals surface area contributed by atoms with E-state index in [0.29, 0.717) is 23.0 Å². The summed E-state index contributed by atoms with van der Waals surface area (Å²) < 4.78 is 6.07. The van der Waals surface area contributed by atoms with E-state index in [9.17, 15) is 5.26 Å². The summed E-state index contributed by atoms with van der Waals surface area (Å²) in [5.41, 5.74) is 12.4. The molecule has 0 saturated carbocycles. The summed E-state index contributed by atoms with van der Waals surface area (Å²) in [4.78, 5) is 5.58. The van der Waals surface area contributed by atoms with Gasteiger partial charge in [0, 0.05) is 37.9 Å². The summed E-state index contributed by atoms with van der Waals surface area (Å²) >= 11 is 7.75. The van der Waals surface area contributed by atoms with E-state index in [1.165, 1.54) is 22.6 Å². The van der Waals surface area contributed by atoms with E-state index in [1.54, 1.807) is 11.3 Å². The van der Waals surface area contributed by atoms with Crippen molar-refractivity contribution in [2.45, 2.75) is 52.6 Å². The highest BCUT2D eigenvalue weighted by Gasteiger charge is 2.25. The smallest absolute Gasteiger partial charge is 0.289 e. The molecule has 0 amide bonds. The molecule has 1 aliphatic rings. The largest absolute Gasteiger partial charge is 0.489 e. The molecule has 0 atom stereocenters. The Kier molecular flexibility index (Phi) is 5.99. The van der Waals surface area contributed by atoms with Gasteiger partial charge in [-0.25, -0.2) is 4.98 Å². The first kappa shape index (κ1) is 20.7. The predicted octanol–water partition coefficient (Wildman–Crippen LogP) is 5.80. The number of H-pyrrole nitrogens is 1. The highest BCUT2D eigenvalue weighted by molar-refractivity contribution is 7.15. The van der Waals surface area contributed by atoms with Gasteiger partial charge in [0.15, 0.2) is 0 Å². The number of pyridine rings is 1. The summed E-state index contributed by atoms with van der Waals surface area (Å²) in [6, 6.07) is 10.1. The normalized spacial score (nSPS) is 13.4. The van der Waals surface area contributed by atoms with Crippen molar-refractivity contribution < 1.29 is 9.72 Å². The number of thiophene rings is 1. The standard InChI is InChI=1S/C24H24ClN3OS/c1-14-10-17(25)8-9-21(14)29-13-16-11-22(30-15(16)2)23-18-6-4-3-5-7-20(18)28-24(27)19(23)12-26/h8-11H,3-7,13H2,1-2H3,(H2,27,28)/p+1. The number of anilines is 1. The predicted molar refractivity (Wildman–Crippen MR) is 122 cm³/mol. The monoisotopic (exact) mass is 438 g/mol. The van der Waals surface area contributed by atoms with Crippen LogP contribution in [0.25, 0.3) is 10.4 Å². The van der Waals surface area contributed by atoms with Crippen LogP contribution in [0.2, 0.25) is 5.02 Å². The van der Waals surface area contributed by atoms with Crippen LogP contribution in [0.1, 0.15) is 52.1 Å². The number of hydrogen-bond donors (Lipinski definition) is 1. The molecular formula is C24H25ClN3OS+. The van der Waals surface area contributed by atoms with E-state index in [-0.39, 0.29) is 0 Å². The Bertz CT molecular complexity index is 1150. The topological polar surface area (TPSA) is 73.2 Å². The molecule has 2 aromatic heterocycles. The molecular weight excluding hydrogens is 414 g/mol. The number of nitrogens with zero attached hydrogens (tertiary/aromatic N) is 1. The molecule has 0 spiro atoms. The van der Waals surface area contributed by atoms with Crippen molar-refractivity contribution in [2.24, 2.45) is 0 Å². The lowest BCUT2D eigenvalue weighted by Gasteiger charge is -2.11. The number of aryl methyl sites for hydroxylation is 3. The molecule has 30 heavy (non-hydrogen) atoms. The Hall–Kier alpha value is -2.55. The van der Waals surface area contributed by atoms with Crippen LogP contribution < -0.4 is 15.5 Å². The van der Waals surface area contributed by atoms with Gasteiger partial charge in [0.05, 0.1) is 0 Å². The number of nitrogens with two attached hydrogens (primary N) is 1. The first-order valence-electron chi connectivity index (χ1n) is 10.2. The van der Waals surface area contributed by atoms with Gasteiger partial charge in [0.1, 0.15) is 29.7 Å². The maximum Gasteiger partial charge on any atom is 0.289 e. The van der Waals surface area contributed by atoms with E-state index >= 15 is 0 Å². The Morgan fingerprint density at radius 2 is 2.00 bits per heavy atom. The van der Waals surface area contributed by atoms with Crippen molar-refractivity contribution in [3.05, 3.63) is 62.1 Å². The highest BCUT2D eigenvalue weighted by Crippen LogP contribution is 2.39. The summed E-state index contributed by atoms with van der Waals surface area (Å²) in [5.74, 6) is 1.30. The van der Waals surface area contributed by atoms with Gasteiger partial charge in [-0.2, -0.15) is 5.26 Å². The lowest BCUT2D eigenvalue weighted by atomic mass is 9.95. The SMILES string of the molecule is Cc1cc(Cl)ccc1OCc1cc(-c2c(C#N)c(N)[nH+]c3c2CCCCC3)sc1C. The van der Waals surface area contributed by atoms with Crippen LogP contribution in [-0.2, 0) is 19.4 Å². The molecule has 0 fully saturated rings. The van der Waals surface area contributed by atoms with Crippen molar-refractivity contribution >= 4 is 28.8 Å². The van der Waals surface area contributed by atoms with Crippen LogP contribution in [0, 0.1) is 25.2 Å². The number of halogens is 1. The molecule has 1 aromatic carbocycles. The fourth-order valence-corrected chi connectivity index (χ4v) is 5.45. The maximum atomic E-state index is 9.83. The zero-order valence-electron chi connectivity index (χ0n) is 17.3. The molecule has 3 N–H and O–H groups in total. The number of nitrogen functional groups attached to an aromatic ring is 1. The second kappa shape index (κ2) is 8.67. The van der Waals surface area contributed by atoms with Crippen molar-refractivity contribution in [2.75, 3.05) is 5.73 Å². The first-order valence-corrected chi connectivity index (χ1v) is 11.4. The minimum Gasteiger partial charge on any atom is -0.489 e. The molecule has 4 nitrogen and oxygen atoms in total. The Morgan fingerprint density at radius 3 is 2.77 bits per heavy atom. The van der Waals surface area contributed by atoms with Gasteiger partial charge < -0.3 is 4.74 Å². The second-order valence-corrected chi connectivity index (χ2v) is 9.50. The Balaban J connectivity index is 1.71. The van der Waals surface area contributed by atoms with Gasteiger partial charge in [0.25, 0.3) is 5.82 Å². The van der Waals surface area contributed by atoms with Gasteiger partial charge in [-0.3, -0.25) is 5.73 Å². The third-order valence-electron chi connectivity index (χ3n) is 5.72. The number of nitrogens with one attached hydrogen (secondary N) is 1. The lowest BCUT2D eigenvalue weighted by Crippen LogP contribution is -2.21. The van der Waals surface area contributed by atoms with Crippen LogP contribution in [0.3, 0.4) is 0 Å². The Morgan fingerprint density at radius 1 is 1.20 bits per heavy atom. The van der Waals surface area contributed by atoms with Gasteiger partial charge in [-0.1, -0.05) is 18.0 Å². The number of hydrogen-bond acceptors (Lipinski definition) is 4. The molecule has 0 aliphatic heterocycles. The number of aromatic nitrogens is 1. The molecule has 2 heterocycles. The summed E-state index contributed by atoms with van der Waals surface area (Å²) in [7, 11) is 0. The first-order chi connectivity index (χ1) is 14.5. The second-order valence-electron chi connectivity index (χ2n) is 7.81. The molecule has 154 valence electrons. The minimum atomic E-state index is 0.466. The molecule has 0 bridgehead atoms. The molecule has 3 aromatic rings. The van der Waals surface area contributed by atoms with Crippen molar-refractivity contribution in [3.8, 4) is 22.3 Å². The summed E-state index contributed by atoms with van der Waals surface area (Å²) in [5, 5.41) is 10.5. The van der Waals surface area contributed by atoms with Crippen molar-refractivity contribution in [3.63, 3.8) is 0 Å². The fourth-order valence-electron chi connectivity index (χ4n) is 4.11. The van der Waals surface area contributed by atoms with Crippen LogP contribution in [0.15, 0.2) is 24.3 Å². The summed E-state index contributed by atoms with van der Waals surface area (Å²) in [6.07, 6.45) is 5.44. The lowest BCUT2D eigenvalue weighted by molar-refractivity contribution is -0.373. The average molecular weight is 439 g/mol. The van der Waals surface area contributed by atoms with E-state index in [0.717, 1.165) is 53.0 Å². The molecule has 6 heteroatoms. The average Bonchev–Trinajstić information content (AvgIpc) is 2.92. The van der Waals surface area contributed by atoms with Crippen molar-refractivity contribution in [1.82, 2.24) is 0 Å². The van der Waals surface area contributed by atoms with Crippen molar-refractivity contribution in [1.29, 1.82) is 5.26 Å². The summed E-state index contributed by atoms with van der Waals surface area (Å²) in [6.45, 7) is 4.57. The number of nitriles is 1. The fraction of sp³-hybridized carbons (Fsp3) is 0.333. The minimum absolute atomic E-state index is 0.466. The maximum absolute atomic E-state index is 9.83. The van der Waals surface area contributed by atoms with E-state index in [2.05, 4.69) is 24.0 Å². The molecule has 0 saturated heterocycles. The number of rotatable bonds is 4.